The smallest absolute Gasteiger partial charge is 0.478 e. The second kappa shape index (κ2) is 8.66. The van der Waals surface area contributed by atoms with E-state index < -0.39 is 59.2 Å². The summed E-state index contributed by atoms with van der Waals surface area (Å²) >= 11 is 0. The Hall–Kier alpha value is -3.95. The van der Waals surface area contributed by atoms with Gasteiger partial charge >= 0.3 is 18.6 Å². The molecule has 2 aromatic carbocycles. The summed E-state index contributed by atoms with van der Waals surface area (Å²) < 4.78 is 60.3. The number of anilines is 1. The molecule has 32 heavy (non-hydrogen) atoms. The van der Waals surface area contributed by atoms with Gasteiger partial charge < -0.3 is 20.3 Å². The third-order valence-corrected chi connectivity index (χ3v) is 4.25. The van der Waals surface area contributed by atoms with E-state index in [4.69, 9.17) is 16.4 Å². The van der Waals surface area contributed by atoms with Gasteiger partial charge in [0.05, 0.1) is 5.69 Å². The van der Waals surface area contributed by atoms with Gasteiger partial charge in [0, 0.05) is 0 Å². The molecule has 0 aliphatic carbocycles. The Bertz CT molecular complexity index is 1160. The van der Waals surface area contributed by atoms with Crippen molar-refractivity contribution in [3.8, 4) is 16.9 Å². The summed E-state index contributed by atoms with van der Waals surface area (Å²) in [5.74, 6) is -4.36. The van der Waals surface area contributed by atoms with Crippen LogP contribution in [0.2, 0.25) is 0 Å². The first-order chi connectivity index (χ1) is 15.0. The number of carbonyl (C=O) groups is 2. The van der Waals surface area contributed by atoms with Crippen molar-refractivity contribution in [2.45, 2.75) is 18.9 Å². The summed E-state index contributed by atoms with van der Waals surface area (Å²) in [6, 6.07) is 8.13. The van der Waals surface area contributed by atoms with Crippen LogP contribution in [0.3, 0.4) is 0 Å². The molecule has 0 aromatic heterocycles. The van der Waals surface area contributed by atoms with Crippen LogP contribution in [0.15, 0.2) is 53.6 Å². The fourth-order valence-corrected chi connectivity index (χ4v) is 2.93. The van der Waals surface area contributed by atoms with Gasteiger partial charge in [-0.25, -0.2) is 15.8 Å². The highest BCUT2D eigenvalue weighted by molar-refractivity contribution is 6.10. The molecule has 2 unspecified atom stereocenters. The highest BCUT2D eigenvalue weighted by Gasteiger charge is 2.45. The Morgan fingerprint density at radius 2 is 1.81 bits per heavy atom. The third-order valence-electron chi connectivity index (χ3n) is 4.25. The highest BCUT2D eigenvalue weighted by Crippen LogP contribution is 2.31. The summed E-state index contributed by atoms with van der Waals surface area (Å²) in [5.41, 5.74) is -1.57. The van der Waals surface area contributed by atoms with Crippen LogP contribution in [-0.4, -0.2) is 41.0 Å². The lowest BCUT2D eigenvalue weighted by molar-refractivity contribution is -0.274. The zero-order chi connectivity index (χ0) is 23.6. The van der Waals surface area contributed by atoms with Crippen molar-refractivity contribution in [2.75, 3.05) is 5.32 Å². The number of nitrogens with zero attached hydrogens (tertiary/aromatic N) is 1. The summed E-state index contributed by atoms with van der Waals surface area (Å²) in [6.07, 6.45) is -8.61. The lowest BCUT2D eigenvalue weighted by Gasteiger charge is -2.11. The lowest BCUT2D eigenvalue weighted by Crippen LogP contribution is -2.22. The molecule has 166 valence electrons. The fourth-order valence-electron chi connectivity index (χ4n) is 2.93. The fraction of sp³-hybridized carbons (Fsp3) is 0.150. The standard InChI is InChI=1S/C20H12F4N2O6/c1-25-17-14(15(18(28)29)19(30)31-17)16(27)26-13-6-5-10(8-12(13)21)9-3-2-4-11(7-9)32-20(22,23)24/h2-8,17,19,30H,(H,26,27)(H,28,29). The Morgan fingerprint density at radius 1 is 1.12 bits per heavy atom. The number of aliphatic hydroxyl groups is 1. The molecule has 3 N–H and O–H groups in total. The highest BCUT2D eigenvalue weighted by atomic mass is 19.4. The number of benzene rings is 2. The first-order valence-corrected chi connectivity index (χ1v) is 8.64. The van der Waals surface area contributed by atoms with E-state index in [-0.39, 0.29) is 11.1 Å². The van der Waals surface area contributed by atoms with Crippen LogP contribution < -0.4 is 10.1 Å². The number of nitrogens with one attached hydrogen (secondary N) is 1. The molecule has 3 rings (SSSR count). The maximum atomic E-state index is 14.6. The normalized spacial score (nSPS) is 18.2. The van der Waals surface area contributed by atoms with E-state index in [1.807, 2.05) is 0 Å². The number of ether oxygens (including phenoxy) is 2. The van der Waals surface area contributed by atoms with Crippen molar-refractivity contribution >= 4 is 17.6 Å². The summed E-state index contributed by atoms with van der Waals surface area (Å²) in [4.78, 5) is 26.7. The van der Waals surface area contributed by atoms with Crippen molar-refractivity contribution < 1.29 is 46.8 Å². The average Bonchev–Trinajstić information content (AvgIpc) is 3.05. The zero-order valence-electron chi connectivity index (χ0n) is 15.7. The maximum absolute atomic E-state index is 14.6. The molecule has 0 saturated heterocycles. The molecule has 8 nitrogen and oxygen atoms in total. The van der Waals surface area contributed by atoms with Gasteiger partial charge in [0.2, 0.25) is 0 Å². The number of hydrogen-bond donors (Lipinski definition) is 3. The average molecular weight is 452 g/mol. The van der Waals surface area contributed by atoms with E-state index in [9.17, 15) is 32.3 Å². The first-order valence-electron chi connectivity index (χ1n) is 8.64. The SMILES string of the molecule is [C-]#[N+]C1OC(O)C(C(=O)O)=C1C(=O)Nc1ccc(-c2cccc(OC(F)(F)F)c2)cc1F. The predicted molar refractivity (Wildman–Crippen MR) is 99.3 cm³/mol. The molecular weight excluding hydrogens is 440 g/mol. The molecule has 2 atom stereocenters. The second-order valence-corrected chi connectivity index (χ2v) is 6.33. The van der Waals surface area contributed by atoms with Gasteiger partial charge in [-0.15, -0.1) is 13.2 Å². The number of carboxylic acids is 1. The molecule has 0 spiro atoms. The minimum absolute atomic E-state index is 0.164. The van der Waals surface area contributed by atoms with Gasteiger partial charge in [-0.1, -0.05) is 18.2 Å². The number of rotatable bonds is 5. The molecular formula is C20H12F4N2O6. The quantitative estimate of drug-likeness (QED) is 0.475. The minimum Gasteiger partial charge on any atom is -0.478 e. The Morgan fingerprint density at radius 3 is 2.41 bits per heavy atom. The predicted octanol–water partition coefficient (Wildman–Crippen LogP) is 3.30. The molecule has 1 heterocycles. The molecule has 12 heteroatoms. The van der Waals surface area contributed by atoms with Crippen LogP contribution in [0.5, 0.6) is 5.75 Å². The first kappa shape index (κ1) is 22.7. The Labute approximate surface area is 177 Å². The molecule has 0 saturated carbocycles. The summed E-state index contributed by atoms with van der Waals surface area (Å²) in [7, 11) is 0. The van der Waals surface area contributed by atoms with Crippen LogP contribution in [0.1, 0.15) is 0 Å². The van der Waals surface area contributed by atoms with Gasteiger partial charge in [0.25, 0.3) is 5.91 Å². The lowest BCUT2D eigenvalue weighted by atomic mass is 10.0. The van der Waals surface area contributed by atoms with Crippen molar-refractivity contribution in [1.29, 1.82) is 0 Å². The van der Waals surface area contributed by atoms with E-state index in [2.05, 4.69) is 14.9 Å². The Kier molecular flexibility index (Phi) is 6.15. The van der Waals surface area contributed by atoms with E-state index in [1.165, 1.54) is 18.2 Å². The van der Waals surface area contributed by atoms with Crippen LogP contribution >= 0.6 is 0 Å². The van der Waals surface area contributed by atoms with Crippen LogP contribution in [0.25, 0.3) is 16.0 Å². The third kappa shape index (κ3) is 4.85. The molecule has 0 fully saturated rings. The van der Waals surface area contributed by atoms with Crippen molar-refractivity contribution in [1.82, 2.24) is 0 Å². The van der Waals surface area contributed by atoms with E-state index in [0.717, 1.165) is 24.3 Å². The molecule has 1 aliphatic heterocycles. The molecule has 2 aromatic rings. The van der Waals surface area contributed by atoms with Crippen LogP contribution in [0, 0.1) is 12.4 Å². The van der Waals surface area contributed by atoms with Gasteiger partial charge in [0.1, 0.15) is 22.7 Å². The number of carboxylic acid groups (broad SMARTS) is 1. The largest absolute Gasteiger partial charge is 0.573 e. The van der Waals surface area contributed by atoms with E-state index in [0.29, 0.717) is 0 Å². The minimum atomic E-state index is -4.90. The number of halogens is 4. The number of carbonyl (C=O) groups excluding carboxylic acids is 1. The number of aliphatic carboxylic acids is 1. The van der Waals surface area contributed by atoms with Crippen molar-refractivity contribution in [2.24, 2.45) is 0 Å². The molecule has 0 bridgehead atoms. The van der Waals surface area contributed by atoms with Crippen LogP contribution in [0.4, 0.5) is 23.2 Å². The molecule has 1 amide bonds. The zero-order valence-corrected chi connectivity index (χ0v) is 15.7. The van der Waals surface area contributed by atoms with Gasteiger partial charge in [0.15, 0.2) is 6.29 Å². The monoisotopic (exact) mass is 452 g/mol. The van der Waals surface area contributed by atoms with E-state index >= 15 is 0 Å². The van der Waals surface area contributed by atoms with Gasteiger partial charge in [-0.2, -0.15) is 0 Å². The van der Waals surface area contributed by atoms with Gasteiger partial charge in [-0.3, -0.25) is 14.4 Å². The number of hydrogen-bond acceptors (Lipinski definition) is 5. The maximum Gasteiger partial charge on any atom is 0.573 e. The van der Waals surface area contributed by atoms with Gasteiger partial charge in [-0.05, 0) is 35.4 Å². The van der Waals surface area contributed by atoms with Crippen LogP contribution in [-0.2, 0) is 14.3 Å². The summed E-state index contributed by atoms with van der Waals surface area (Å²) in [5, 5.41) is 20.9. The number of aliphatic hydroxyl groups excluding tert-OH is 1. The number of amides is 1. The molecule has 1 aliphatic rings. The topological polar surface area (TPSA) is 109 Å². The summed E-state index contributed by atoms with van der Waals surface area (Å²) in [6.45, 7) is 6.99. The van der Waals surface area contributed by atoms with Crippen molar-refractivity contribution in [3.05, 3.63) is 70.8 Å². The van der Waals surface area contributed by atoms with Crippen molar-refractivity contribution in [3.63, 3.8) is 0 Å². The second-order valence-electron chi connectivity index (χ2n) is 6.33. The Balaban J connectivity index is 1.87. The van der Waals surface area contributed by atoms with E-state index in [1.54, 1.807) is 0 Å². The number of alkyl halides is 3. The molecule has 0 radical (unpaired) electrons.